The molecule has 1 aromatic heterocycles. The van der Waals surface area contributed by atoms with Gasteiger partial charge in [-0.1, -0.05) is 39.0 Å². The first-order chi connectivity index (χ1) is 24.8. The van der Waals surface area contributed by atoms with Crippen molar-refractivity contribution in [3.05, 3.63) is 42.2 Å². The predicted octanol–water partition coefficient (Wildman–Crippen LogP) is 11.2. The van der Waals surface area contributed by atoms with Crippen molar-refractivity contribution in [2.45, 2.75) is 120 Å². The second-order valence-corrected chi connectivity index (χ2v) is 12.0. The molecule has 1 atom stereocenters. The first kappa shape index (κ1) is 47.0. The number of hydrogen-bond acceptors (Lipinski definition) is 6. The molecule has 2 aromatic rings. The third-order valence-electron chi connectivity index (χ3n) is 7.37. The molecule has 0 saturated carbocycles. The first-order valence-electron chi connectivity index (χ1n) is 16.3. The minimum atomic E-state index is -7.95. The Hall–Kier alpha value is -3.14. The molecule has 310 valence electrons. The van der Waals surface area contributed by atoms with E-state index >= 15 is 0 Å². The molecular formula is C32H36F16N2O4. The number of aryl methyl sites for hydroxylation is 1. The molecule has 0 radical (unpaired) electrons. The molecule has 1 heterocycles. The minimum absolute atomic E-state index is 0.125. The highest BCUT2D eigenvalue weighted by Crippen LogP contribution is 2.56. The number of nitrogens with zero attached hydrogens (tertiary/aromatic N) is 2. The second-order valence-electron chi connectivity index (χ2n) is 12.0. The number of unbranched alkanes of at least 4 members (excludes halogenated alkanes) is 6. The van der Waals surface area contributed by atoms with Crippen LogP contribution in [0, 0.1) is 0 Å². The van der Waals surface area contributed by atoms with Crippen molar-refractivity contribution < 1.29 is 89.2 Å². The van der Waals surface area contributed by atoms with Crippen molar-refractivity contribution in [3.8, 4) is 17.1 Å². The van der Waals surface area contributed by atoms with E-state index in [1.54, 1.807) is 41.4 Å². The molecule has 0 N–H and O–H groups in total. The van der Waals surface area contributed by atoms with Gasteiger partial charge in [-0.05, 0) is 61.9 Å². The fourth-order valence-electron chi connectivity index (χ4n) is 4.41. The first-order valence-corrected chi connectivity index (χ1v) is 16.3. The van der Waals surface area contributed by atoms with Crippen LogP contribution in [-0.2, 0) is 20.6 Å². The Kier molecular flexibility index (Phi) is 16.7. The highest BCUT2D eigenvalue weighted by Gasteiger charge is 2.85. The van der Waals surface area contributed by atoms with Gasteiger partial charge >= 0.3 is 42.5 Å². The molecule has 2 rings (SSSR count). The zero-order valence-corrected chi connectivity index (χ0v) is 28.3. The SMILES string of the molecule is CCCCCCCc1cnc(-c2ccc(OCCCCCC(F)COCC(F)(F)OC(F)(F)C(F)(F)OC(F)(F)C(F)(F)C(F)(F)C(F)(F)F)cc2)nc1. The van der Waals surface area contributed by atoms with Gasteiger partial charge in [-0.3, -0.25) is 0 Å². The smallest absolute Gasteiger partial charge is 0.460 e. The zero-order chi connectivity index (χ0) is 41.1. The van der Waals surface area contributed by atoms with E-state index in [9.17, 15) is 70.2 Å². The van der Waals surface area contributed by atoms with Crippen molar-refractivity contribution in [2.24, 2.45) is 0 Å². The lowest BCUT2D eigenvalue weighted by atomic mass is 10.1. The van der Waals surface area contributed by atoms with E-state index in [1.807, 2.05) is 0 Å². The minimum Gasteiger partial charge on any atom is -0.494 e. The molecule has 0 spiro atoms. The number of alkyl halides is 16. The van der Waals surface area contributed by atoms with Gasteiger partial charge in [0.2, 0.25) is 0 Å². The highest BCUT2D eigenvalue weighted by molar-refractivity contribution is 5.55. The lowest BCUT2D eigenvalue weighted by molar-refractivity contribution is -0.543. The molecule has 1 unspecified atom stereocenters. The highest BCUT2D eigenvalue weighted by atomic mass is 19.4. The molecular weight excluding hydrogens is 780 g/mol. The van der Waals surface area contributed by atoms with Gasteiger partial charge in [0.25, 0.3) is 0 Å². The van der Waals surface area contributed by atoms with Crippen LogP contribution in [0.4, 0.5) is 70.2 Å². The molecule has 0 aliphatic rings. The van der Waals surface area contributed by atoms with Crippen LogP contribution in [0.1, 0.15) is 70.3 Å². The Morgan fingerprint density at radius 1 is 0.630 bits per heavy atom. The molecule has 1 aromatic carbocycles. The van der Waals surface area contributed by atoms with Gasteiger partial charge in [-0.25, -0.2) is 23.8 Å². The van der Waals surface area contributed by atoms with E-state index in [2.05, 4.69) is 26.4 Å². The molecule has 0 saturated heterocycles. The number of aromatic nitrogens is 2. The van der Waals surface area contributed by atoms with Crippen molar-refractivity contribution in [2.75, 3.05) is 19.8 Å². The van der Waals surface area contributed by atoms with E-state index < -0.39 is 61.8 Å². The third kappa shape index (κ3) is 13.3. The number of hydrogen-bond donors (Lipinski definition) is 0. The molecule has 0 amide bonds. The van der Waals surface area contributed by atoms with Gasteiger partial charge in [-0.2, -0.15) is 65.9 Å². The van der Waals surface area contributed by atoms with Gasteiger partial charge in [0.05, 0.1) is 13.2 Å². The summed E-state index contributed by atoms with van der Waals surface area (Å²) in [7, 11) is 0. The fraction of sp³-hybridized carbons (Fsp3) is 0.688. The topological polar surface area (TPSA) is 62.7 Å². The van der Waals surface area contributed by atoms with Crippen LogP contribution in [0.25, 0.3) is 11.4 Å². The number of halogens is 16. The molecule has 22 heteroatoms. The molecule has 6 nitrogen and oxygen atoms in total. The molecule has 0 aliphatic heterocycles. The molecule has 0 fully saturated rings. The lowest BCUT2D eigenvalue weighted by Gasteiger charge is -2.36. The van der Waals surface area contributed by atoms with Crippen molar-refractivity contribution in [1.29, 1.82) is 0 Å². The van der Waals surface area contributed by atoms with Crippen LogP contribution in [0.5, 0.6) is 5.75 Å². The number of rotatable bonds is 25. The maximum Gasteiger partial charge on any atom is 0.460 e. The van der Waals surface area contributed by atoms with Crippen molar-refractivity contribution in [1.82, 2.24) is 9.97 Å². The summed E-state index contributed by atoms with van der Waals surface area (Å²) in [5.41, 5.74) is 1.79. The van der Waals surface area contributed by atoms with Crippen LogP contribution in [0.2, 0.25) is 0 Å². The lowest BCUT2D eigenvalue weighted by Crippen LogP contribution is -2.64. The number of ether oxygens (including phenoxy) is 4. The fourth-order valence-corrected chi connectivity index (χ4v) is 4.41. The Balaban J connectivity index is 1.72. The Morgan fingerprint density at radius 2 is 1.19 bits per heavy atom. The van der Waals surface area contributed by atoms with Gasteiger partial charge in [0.15, 0.2) is 5.82 Å². The monoisotopic (exact) mass is 816 g/mol. The van der Waals surface area contributed by atoms with E-state index in [0.717, 1.165) is 30.4 Å². The summed E-state index contributed by atoms with van der Waals surface area (Å²) in [6.45, 7) is -1.38. The van der Waals surface area contributed by atoms with Gasteiger partial charge < -0.3 is 9.47 Å². The standard InChI is InChI=1S/C32H36F16N2O4/c1-2-3-4-5-7-10-21-17-49-25(50-18-21)22-12-14-24(15-13-22)52-16-9-6-8-11-23(33)19-51-20-26(34,35)53-31(45,46)32(47,48)54-30(43,44)28(38,39)27(36,37)29(40,41)42/h12-15,17-18,23H,2-11,16,19-20H2,1H3. The summed E-state index contributed by atoms with van der Waals surface area (Å²) in [5, 5.41) is 0. The van der Waals surface area contributed by atoms with Gasteiger partial charge in [0.1, 0.15) is 18.5 Å². The summed E-state index contributed by atoms with van der Waals surface area (Å²) < 4.78 is 223. The van der Waals surface area contributed by atoms with E-state index in [-0.39, 0.29) is 19.4 Å². The summed E-state index contributed by atoms with van der Waals surface area (Å²) in [4.78, 5) is 8.80. The molecule has 0 aliphatic carbocycles. The largest absolute Gasteiger partial charge is 0.494 e. The maximum absolute atomic E-state index is 14.0. The van der Waals surface area contributed by atoms with E-state index in [4.69, 9.17) is 4.74 Å². The van der Waals surface area contributed by atoms with Crippen molar-refractivity contribution >= 4 is 0 Å². The molecule has 54 heavy (non-hydrogen) atoms. The summed E-state index contributed by atoms with van der Waals surface area (Å²) in [5.74, 6) is -14.7. The number of benzene rings is 1. The average molecular weight is 817 g/mol. The Morgan fingerprint density at radius 3 is 1.76 bits per heavy atom. The summed E-state index contributed by atoms with van der Waals surface area (Å²) in [6.07, 6.45) is -26.6. The normalized spacial score (nSPS) is 14.4. The quantitative estimate of drug-likeness (QED) is 0.0735. The Bertz CT molecular complexity index is 1390. The van der Waals surface area contributed by atoms with Gasteiger partial charge in [-0.15, -0.1) is 0 Å². The predicted molar refractivity (Wildman–Crippen MR) is 158 cm³/mol. The molecule has 0 bridgehead atoms. The summed E-state index contributed by atoms with van der Waals surface area (Å²) in [6, 6.07) is 6.88. The van der Waals surface area contributed by atoms with Crippen LogP contribution >= 0.6 is 0 Å². The van der Waals surface area contributed by atoms with Crippen LogP contribution in [-0.4, -0.2) is 78.4 Å². The van der Waals surface area contributed by atoms with E-state index in [0.29, 0.717) is 24.4 Å². The van der Waals surface area contributed by atoms with Crippen molar-refractivity contribution in [3.63, 3.8) is 0 Å². The summed E-state index contributed by atoms with van der Waals surface area (Å²) >= 11 is 0. The zero-order valence-electron chi connectivity index (χ0n) is 28.3. The van der Waals surface area contributed by atoms with Crippen LogP contribution < -0.4 is 4.74 Å². The Labute approximate surface area is 298 Å². The van der Waals surface area contributed by atoms with Crippen LogP contribution in [0.3, 0.4) is 0 Å². The van der Waals surface area contributed by atoms with Crippen LogP contribution in [0.15, 0.2) is 36.7 Å². The second kappa shape index (κ2) is 19.1. The van der Waals surface area contributed by atoms with E-state index in [1.165, 1.54) is 19.3 Å². The average Bonchev–Trinajstić information content (AvgIpc) is 3.05. The van der Waals surface area contributed by atoms with Gasteiger partial charge in [0, 0.05) is 18.0 Å². The third-order valence-corrected chi connectivity index (χ3v) is 7.37. The maximum atomic E-state index is 14.0.